The fourth-order valence-corrected chi connectivity index (χ4v) is 3.24. The fourth-order valence-electron chi connectivity index (χ4n) is 3.24. The van der Waals surface area contributed by atoms with Gasteiger partial charge in [0.2, 0.25) is 11.8 Å². The minimum Gasteiger partial charge on any atom is -0.394 e. The summed E-state index contributed by atoms with van der Waals surface area (Å²) in [6.45, 7) is 2.46. The van der Waals surface area contributed by atoms with Gasteiger partial charge in [0, 0.05) is 0 Å². The molecule has 0 aliphatic heterocycles. The lowest BCUT2D eigenvalue weighted by Crippen LogP contribution is -2.54. The molecule has 32 heavy (non-hydrogen) atoms. The monoisotopic (exact) mass is 455 g/mol. The molecule has 0 aromatic heterocycles. The Balaban J connectivity index is 2.60. The zero-order valence-corrected chi connectivity index (χ0v) is 18.6. The largest absolute Gasteiger partial charge is 0.394 e. The van der Waals surface area contributed by atoms with Crippen LogP contribution in [0.25, 0.3) is 0 Å². The van der Waals surface area contributed by atoms with Crippen LogP contribution in [-0.2, 0) is 16.0 Å². The molecule has 0 aliphatic rings. The molecule has 6 atom stereocenters. The normalized spacial score (nSPS) is 17.2. The van der Waals surface area contributed by atoms with Crippen molar-refractivity contribution in [2.24, 2.45) is 11.7 Å². The molecule has 0 aliphatic carbocycles. The van der Waals surface area contributed by atoms with Gasteiger partial charge in [0.25, 0.3) is 0 Å². The predicted octanol–water partition coefficient (Wildman–Crippen LogP) is -1.97. The van der Waals surface area contributed by atoms with Crippen molar-refractivity contribution in [1.82, 2.24) is 10.6 Å². The van der Waals surface area contributed by atoms with E-state index in [0.29, 0.717) is 0 Å². The third kappa shape index (κ3) is 9.60. The number of amides is 2. The van der Waals surface area contributed by atoms with Crippen molar-refractivity contribution in [3.63, 3.8) is 0 Å². The van der Waals surface area contributed by atoms with E-state index in [-0.39, 0.29) is 18.8 Å². The summed E-state index contributed by atoms with van der Waals surface area (Å²) in [5, 5.41) is 54.3. The van der Waals surface area contributed by atoms with E-state index in [9.17, 15) is 35.1 Å². The van der Waals surface area contributed by atoms with Gasteiger partial charge in [-0.3, -0.25) is 9.59 Å². The number of nitrogens with two attached hydrogens (primary N) is 1. The summed E-state index contributed by atoms with van der Waals surface area (Å²) in [5.74, 6) is -1.22. The van der Waals surface area contributed by atoms with E-state index < -0.39 is 67.9 Å². The van der Waals surface area contributed by atoms with Crippen LogP contribution in [-0.4, -0.2) is 87.0 Å². The Hall–Kier alpha value is -2.08. The average Bonchev–Trinajstić information content (AvgIpc) is 2.75. The van der Waals surface area contributed by atoms with Gasteiger partial charge in [0.1, 0.15) is 6.10 Å². The summed E-state index contributed by atoms with van der Waals surface area (Å²) in [6, 6.07) is 5.92. The Bertz CT molecular complexity index is 689. The number of rotatable bonds is 14. The first-order chi connectivity index (χ1) is 15.1. The van der Waals surface area contributed by atoms with Crippen LogP contribution in [0.2, 0.25) is 0 Å². The topological polar surface area (TPSA) is 185 Å². The maximum atomic E-state index is 12.3. The molecule has 182 valence electrons. The maximum Gasteiger partial charge on any atom is 0.237 e. The molecular formula is C22H37N3O7. The molecule has 9 N–H and O–H groups in total. The fraction of sp³-hybridized carbons (Fsp3) is 0.636. The molecule has 0 heterocycles. The summed E-state index contributed by atoms with van der Waals surface area (Å²) >= 11 is 0. The highest BCUT2D eigenvalue weighted by atomic mass is 16.3. The van der Waals surface area contributed by atoms with E-state index in [1.165, 1.54) is 0 Å². The van der Waals surface area contributed by atoms with Gasteiger partial charge in [-0.05, 0) is 24.3 Å². The minimum atomic E-state index is -1.44. The molecule has 0 radical (unpaired) electrons. The standard InChI is InChI=1S/C22H37N3O7/c1-13(2)8-19(29)21(31)17(12-27)24-20(30)10-18(28)16(11-26)25-22(32)15(23)9-14-6-4-3-5-7-14/h3-7,13,15-19,21,26-29,31H,8-12,23H2,1-2H3,(H,24,30)(H,25,32)/t15-,16?,17?,18?,19?,21?/m0/s1. The lowest BCUT2D eigenvalue weighted by Gasteiger charge is -2.28. The molecule has 0 saturated heterocycles. The SMILES string of the molecule is CC(C)CC(O)C(O)C(CO)NC(=O)CC(O)C(CO)NC(=O)[C@@H](N)Cc1ccccc1. The summed E-state index contributed by atoms with van der Waals surface area (Å²) in [4.78, 5) is 24.6. The summed E-state index contributed by atoms with van der Waals surface area (Å²) in [7, 11) is 0. The average molecular weight is 456 g/mol. The van der Waals surface area contributed by atoms with Gasteiger partial charge in [-0.15, -0.1) is 0 Å². The number of aliphatic hydroxyl groups excluding tert-OH is 5. The van der Waals surface area contributed by atoms with Crippen LogP contribution in [0.1, 0.15) is 32.3 Å². The van der Waals surface area contributed by atoms with Gasteiger partial charge >= 0.3 is 0 Å². The third-order valence-corrected chi connectivity index (χ3v) is 5.08. The van der Waals surface area contributed by atoms with Gasteiger partial charge in [-0.2, -0.15) is 0 Å². The van der Waals surface area contributed by atoms with Crippen LogP contribution in [0, 0.1) is 5.92 Å². The van der Waals surface area contributed by atoms with Crippen molar-refractivity contribution < 1.29 is 35.1 Å². The molecule has 1 aromatic rings. The highest BCUT2D eigenvalue weighted by Crippen LogP contribution is 2.11. The second kappa shape index (κ2) is 14.1. The van der Waals surface area contributed by atoms with E-state index in [1.807, 2.05) is 44.2 Å². The number of benzene rings is 1. The first kappa shape index (κ1) is 28.0. The van der Waals surface area contributed by atoms with Gasteiger partial charge in [0.05, 0.1) is 50.0 Å². The molecule has 2 amide bonds. The number of hydrogen-bond acceptors (Lipinski definition) is 8. The van der Waals surface area contributed by atoms with Crippen molar-refractivity contribution in [2.45, 2.75) is 69.5 Å². The smallest absolute Gasteiger partial charge is 0.237 e. The predicted molar refractivity (Wildman–Crippen MR) is 118 cm³/mol. The Morgan fingerprint density at radius 3 is 2.06 bits per heavy atom. The Morgan fingerprint density at radius 1 is 0.938 bits per heavy atom. The lowest BCUT2D eigenvalue weighted by molar-refractivity contribution is -0.129. The first-order valence-corrected chi connectivity index (χ1v) is 10.7. The van der Waals surface area contributed by atoms with Crippen molar-refractivity contribution in [2.75, 3.05) is 13.2 Å². The Morgan fingerprint density at radius 2 is 1.53 bits per heavy atom. The molecule has 1 aromatic carbocycles. The Kier molecular flexibility index (Phi) is 12.4. The van der Waals surface area contributed by atoms with E-state index >= 15 is 0 Å². The van der Waals surface area contributed by atoms with Gasteiger partial charge in [0.15, 0.2) is 0 Å². The van der Waals surface area contributed by atoms with E-state index in [4.69, 9.17) is 5.73 Å². The second-order valence-electron chi connectivity index (χ2n) is 8.41. The van der Waals surface area contributed by atoms with Crippen LogP contribution in [0.15, 0.2) is 30.3 Å². The highest BCUT2D eigenvalue weighted by Gasteiger charge is 2.30. The van der Waals surface area contributed by atoms with Gasteiger partial charge in [-0.25, -0.2) is 0 Å². The molecule has 10 nitrogen and oxygen atoms in total. The van der Waals surface area contributed by atoms with Crippen LogP contribution in [0.5, 0.6) is 0 Å². The molecule has 5 unspecified atom stereocenters. The summed E-state index contributed by atoms with van der Waals surface area (Å²) in [6.07, 6.45) is -3.96. The summed E-state index contributed by atoms with van der Waals surface area (Å²) in [5.41, 5.74) is 6.75. The van der Waals surface area contributed by atoms with Gasteiger partial charge < -0.3 is 41.9 Å². The van der Waals surface area contributed by atoms with Crippen molar-refractivity contribution >= 4 is 11.8 Å². The molecule has 0 saturated carbocycles. The van der Waals surface area contributed by atoms with E-state index in [0.717, 1.165) is 5.56 Å². The van der Waals surface area contributed by atoms with Crippen molar-refractivity contribution in [3.8, 4) is 0 Å². The number of carbonyl (C=O) groups excluding carboxylic acids is 2. The van der Waals surface area contributed by atoms with E-state index in [1.54, 1.807) is 0 Å². The number of hydrogen-bond donors (Lipinski definition) is 8. The summed E-state index contributed by atoms with van der Waals surface area (Å²) < 4.78 is 0. The van der Waals surface area contributed by atoms with Crippen LogP contribution in [0.4, 0.5) is 0 Å². The molecule has 10 heteroatoms. The van der Waals surface area contributed by atoms with Crippen LogP contribution in [0.3, 0.4) is 0 Å². The first-order valence-electron chi connectivity index (χ1n) is 10.7. The Labute approximate surface area is 188 Å². The van der Waals surface area contributed by atoms with Crippen molar-refractivity contribution in [1.29, 1.82) is 0 Å². The zero-order chi connectivity index (χ0) is 24.3. The minimum absolute atomic E-state index is 0.0960. The second-order valence-corrected chi connectivity index (χ2v) is 8.41. The van der Waals surface area contributed by atoms with Crippen molar-refractivity contribution in [3.05, 3.63) is 35.9 Å². The van der Waals surface area contributed by atoms with Gasteiger partial charge in [-0.1, -0.05) is 44.2 Å². The molecule has 0 bridgehead atoms. The molecular weight excluding hydrogens is 418 g/mol. The van der Waals surface area contributed by atoms with Crippen LogP contribution < -0.4 is 16.4 Å². The number of nitrogens with one attached hydrogen (secondary N) is 2. The van der Waals surface area contributed by atoms with E-state index in [2.05, 4.69) is 10.6 Å². The molecule has 0 fully saturated rings. The molecule has 0 spiro atoms. The lowest BCUT2D eigenvalue weighted by atomic mass is 9.97. The van der Waals surface area contributed by atoms with Crippen LogP contribution >= 0.6 is 0 Å². The third-order valence-electron chi connectivity index (χ3n) is 5.08. The quantitative estimate of drug-likeness (QED) is 0.159. The highest BCUT2D eigenvalue weighted by molar-refractivity contribution is 5.82. The number of aliphatic hydroxyl groups is 5. The maximum absolute atomic E-state index is 12.3. The molecule has 1 rings (SSSR count). The zero-order valence-electron chi connectivity index (χ0n) is 18.6. The number of carbonyl (C=O) groups is 2.